The highest BCUT2D eigenvalue weighted by molar-refractivity contribution is 9.65. The zero-order valence-electron chi connectivity index (χ0n) is 4.45. The van der Waals surface area contributed by atoms with E-state index in [-0.39, 0.29) is 0 Å². The van der Waals surface area contributed by atoms with Crippen molar-refractivity contribution in [2.45, 2.75) is 0 Å². The summed E-state index contributed by atoms with van der Waals surface area (Å²) in [5.41, 5.74) is 0. The van der Waals surface area contributed by atoms with Crippen LogP contribution in [-0.4, -0.2) is 20.9 Å². The first kappa shape index (κ1) is 7.11. The highest BCUT2D eigenvalue weighted by Crippen LogP contribution is 2.79. The van der Waals surface area contributed by atoms with Gasteiger partial charge in [0.1, 0.15) is 0 Å². The topological polar surface area (TPSA) is 34.1 Å². The van der Waals surface area contributed by atoms with E-state index in [1.165, 1.54) is 9.83 Å². The fourth-order valence-corrected chi connectivity index (χ4v) is 14.9. The van der Waals surface area contributed by atoms with E-state index in [9.17, 15) is 8.42 Å². The molecule has 0 aromatic heterocycles. The molecule has 1 saturated heterocycles. The second-order valence-electron chi connectivity index (χ2n) is 1.69. The van der Waals surface area contributed by atoms with Crippen LogP contribution in [0, 0.1) is 0 Å². The van der Waals surface area contributed by atoms with E-state index in [0.717, 1.165) is 9.83 Å². The molecule has 0 saturated carbocycles. The third-order valence-electron chi connectivity index (χ3n) is 0.767. The normalized spacial score (nSPS) is 35.2. The molecule has 0 bridgehead atoms. The summed E-state index contributed by atoms with van der Waals surface area (Å²) in [5, 5.41) is 0. The van der Waals surface area contributed by atoms with Crippen molar-refractivity contribution in [2.24, 2.45) is 0 Å². The van der Waals surface area contributed by atoms with Crippen LogP contribution in [0.25, 0.3) is 0 Å². The zero-order valence-corrected chi connectivity index (χ0v) is 7.72. The molecule has 8 heavy (non-hydrogen) atoms. The van der Waals surface area contributed by atoms with Gasteiger partial charge in [0, 0.05) is 0 Å². The maximum atomic E-state index is 10.7. The largest absolute Gasteiger partial charge is 0.255 e. The molecule has 6 heteroatoms. The van der Waals surface area contributed by atoms with Gasteiger partial charge in [0.2, 0.25) is 0 Å². The maximum Gasteiger partial charge on any atom is 0.255 e. The van der Waals surface area contributed by atoms with Crippen LogP contribution < -0.4 is 0 Å². The standard InChI is InChI=1S/C2H6O2S4/c1-7(2)5-6-8(7,3)4/h1-2H3. The van der Waals surface area contributed by atoms with Gasteiger partial charge in [-0.15, -0.1) is 0 Å². The van der Waals surface area contributed by atoms with Gasteiger partial charge in [-0.2, -0.15) is 0 Å². The predicted molar refractivity (Wildman–Crippen MR) is 43.5 cm³/mol. The fraction of sp³-hybridized carbons (Fsp3) is 1.00. The lowest BCUT2D eigenvalue weighted by Gasteiger charge is -2.35. The van der Waals surface area contributed by atoms with E-state index >= 15 is 0 Å². The molecular weight excluding hydrogens is 184 g/mol. The van der Waals surface area contributed by atoms with E-state index < -0.39 is 16.0 Å². The molecule has 1 aliphatic heterocycles. The van der Waals surface area contributed by atoms with Crippen molar-refractivity contribution in [2.75, 3.05) is 12.5 Å². The van der Waals surface area contributed by atoms with Crippen LogP contribution in [-0.2, 0) is 7.90 Å². The Hall–Kier alpha value is 1.00. The summed E-state index contributed by atoms with van der Waals surface area (Å²) in [6.45, 7) is 0. The molecule has 0 atom stereocenters. The number of rotatable bonds is 0. The first-order valence-electron chi connectivity index (χ1n) is 1.82. The molecule has 2 nitrogen and oxygen atoms in total. The van der Waals surface area contributed by atoms with Crippen molar-refractivity contribution in [1.82, 2.24) is 0 Å². The van der Waals surface area contributed by atoms with Gasteiger partial charge >= 0.3 is 0 Å². The van der Waals surface area contributed by atoms with Crippen molar-refractivity contribution < 1.29 is 8.42 Å². The van der Waals surface area contributed by atoms with E-state index in [4.69, 9.17) is 0 Å². The Labute approximate surface area is 56.6 Å². The van der Waals surface area contributed by atoms with E-state index in [1.807, 2.05) is 0 Å². The van der Waals surface area contributed by atoms with Crippen molar-refractivity contribution in [3.8, 4) is 0 Å². The predicted octanol–water partition coefficient (Wildman–Crippen LogP) is 1.61. The quantitative estimate of drug-likeness (QED) is 0.543. The van der Waals surface area contributed by atoms with E-state index in [0.29, 0.717) is 0 Å². The summed E-state index contributed by atoms with van der Waals surface area (Å²) in [5.74, 6) is 0. The molecule has 1 heterocycles. The molecule has 0 amide bonds. The Kier molecular flexibility index (Phi) is 1.55. The van der Waals surface area contributed by atoms with Crippen molar-refractivity contribution in [1.29, 1.82) is 0 Å². The van der Waals surface area contributed by atoms with Gasteiger partial charge < -0.3 is 0 Å². The van der Waals surface area contributed by atoms with Crippen LogP contribution in [0.5, 0.6) is 0 Å². The van der Waals surface area contributed by atoms with E-state index in [1.54, 1.807) is 12.5 Å². The minimum Gasteiger partial charge on any atom is -0.206 e. The van der Waals surface area contributed by atoms with E-state index in [2.05, 4.69) is 0 Å². The summed E-state index contributed by atoms with van der Waals surface area (Å²) >= 11 is 0. The van der Waals surface area contributed by atoms with Gasteiger partial charge in [0.05, 0.1) is 9.83 Å². The van der Waals surface area contributed by atoms with Gasteiger partial charge in [0.25, 0.3) is 7.90 Å². The number of hydrogen-bond donors (Lipinski definition) is 0. The summed E-state index contributed by atoms with van der Waals surface area (Å²) in [7, 11) is -1.53. The van der Waals surface area contributed by atoms with Gasteiger partial charge in [-0.1, -0.05) is 8.09 Å². The first-order chi connectivity index (χ1) is 3.46. The third kappa shape index (κ3) is 0.872. The molecule has 0 unspecified atom stereocenters. The summed E-state index contributed by atoms with van der Waals surface area (Å²) < 4.78 is 21.4. The molecule has 0 aromatic carbocycles. The third-order valence-corrected chi connectivity index (χ3v) is 21.8. The average molecular weight is 190 g/mol. The summed E-state index contributed by atoms with van der Waals surface area (Å²) in [6.07, 6.45) is 3.59. The molecule has 0 aromatic rings. The van der Waals surface area contributed by atoms with Crippen molar-refractivity contribution in [3.63, 3.8) is 0 Å². The number of hydrogen-bond acceptors (Lipinski definition) is 4. The highest BCUT2D eigenvalue weighted by atomic mass is 34.1. The molecule has 0 aliphatic carbocycles. The molecule has 0 N–H and O–H groups in total. The Morgan fingerprint density at radius 1 is 1.12 bits per heavy atom. The van der Waals surface area contributed by atoms with Crippen LogP contribution in [0.4, 0.5) is 0 Å². The Bertz CT molecular complexity index is 190. The Balaban J connectivity index is 2.95. The smallest absolute Gasteiger partial charge is 0.206 e. The van der Waals surface area contributed by atoms with Crippen molar-refractivity contribution >= 4 is 35.6 Å². The highest BCUT2D eigenvalue weighted by Gasteiger charge is 2.42. The molecule has 1 rings (SSSR count). The van der Waals surface area contributed by atoms with Crippen LogP contribution in [0.15, 0.2) is 0 Å². The van der Waals surface area contributed by atoms with Gasteiger partial charge in [-0.3, -0.25) is 0 Å². The lowest BCUT2D eigenvalue weighted by Crippen LogP contribution is -2.08. The van der Waals surface area contributed by atoms with Gasteiger partial charge in [-0.05, 0) is 22.3 Å². The molecule has 50 valence electrons. The molecule has 0 radical (unpaired) electrons. The molecule has 1 aliphatic rings. The monoisotopic (exact) mass is 190 g/mol. The Morgan fingerprint density at radius 3 is 1.50 bits per heavy atom. The van der Waals surface area contributed by atoms with Gasteiger partial charge in [-0.25, -0.2) is 8.42 Å². The minimum absolute atomic E-state index is 0.995. The first-order valence-corrected chi connectivity index (χ1v) is 9.45. The zero-order chi connectivity index (χ0) is 6.41. The second kappa shape index (κ2) is 1.74. The molecule has 0 spiro atoms. The van der Waals surface area contributed by atoms with Crippen LogP contribution >= 0.6 is 27.7 Å². The fourth-order valence-electron chi connectivity index (χ4n) is 0.184. The molecule has 1 fully saturated rings. The minimum atomic E-state index is -2.70. The maximum absolute atomic E-state index is 10.7. The average Bonchev–Trinajstić information content (AvgIpc) is 1.64. The van der Waals surface area contributed by atoms with Gasteiger partial charge in [0.15, 0.2) is 0 Å². The summed E-state index contributed by atoms with van der Waals surface area (Å²) in [4.78, 5) is 0. The second-order valence-corrected chi connectivity index (χ2v) is 17.2. The molecular formula is C2H6O2S4. The van der Waals surface area contributed by atoms with Crippen molar-refractivity contribution in [3.05, 3.63) is 0 Å². The van der Waals surface area contributed by atoms with Crippen LogP contribution in [0.3, 0.4) is 0 Å². The lowest BCUT2D eigenvalue weighted by molar-refractivity contribution is 0.623. The van der Waals surface area contributed by atoms with Crippen LogP contribution in [0.2, 0.25) is 0 Å². The summed E-state index contributed by atoms with van der Waals surface area (Å²) in [6, 6.07) is 0. The SMILES string of the molecule is CS1(C)SSS1(=O)=O. The Morgan fingerprint density at radius 2 is 1.50 bits per heavy atom. The van der Waals surface area contributed by atoms with Crippen LogP contribution in [0.1, 0.15) is 0 Å². The lowest BCUT2D eigenvalue weighted by atomic mass is 11.9.